The van der Waals surface area contributed by atoms with E-state index >= 15 is 0 Å². The molecule has 0 aliphatic carbocycles. The van der Waals surface area contributed by atoms with Crippen molar-refractivity contribution in [1.82, 2.24) is 9.97 Å². The lowest BCUT2D eigenvalue weighted by Gasteiger charge is -2.23. The SMILES string of the molecule is c1ccc(-c2cc(-c3ccccn3)cc(C(c3ccccc3)c3cc(-c4ccccc4)cc(-c4ccccn4)c3)c2)cc1. The molecule has 0 atom stereocenters. The minimum atomic E-state index is -0.0153. The van der Waals surface area contributed by atoms with Gasteiger partial charge in [-0.15, -0.1) is 0 Å². The molecule has 0 aliphatic rings. The summed E-state index contributed by atoms with van der Waals surface area (Å²) in [6, 6.07) is 58.0. The molecule has 0 bridgehead atoms. The fourth-order valence-electron chi connectivity index (χ4n) is 5.82. The molecule has 5 aromatic carbocycles. The Bertz CT molecular complexity index is 1690. The largest absolute Gasteiger partial charge is 0.256 e. The predicted molar refractivity (Wildman–Crippen MR) is 178 cm³/mol. The van der Waals surface area contributed by atoms with Crippen LogP contribution in [0.15, 0.2) is 176 Å². The van der Waals surface area contributed by atoms with E-state index < -0.39 is 0 Å². The number of pyridine rings is 2. The molecule has 0 saturated carbocycles. The Labute approximate surface area is 253 Å². The van der Waals surface area contributed by atoms with Crippen LogP contribution in [0.2, 0.25) is 0 Å². The van der Waals surface area contributed by atoms with Gasteiger partial charge in [-0.05, 0) is 87.5 Å². The van der Waals surface area contributed by atoms with Gasteiger partial charge < -0.3 is 0 Å². The number of hydrogen-bond donors (Lipinski definition) is 0. The second-order valence-electron chi connectivity index (χ2n) is 10.7. The van der Waals surface area contributed by atoms with Crippen molar-refractivity contribution in [2.75, 3.05) is 0 Å². The van der Waals surface area contributed by atoms with Crippen molar-refractivity contribution in [3.8, 4) is 44.8 Å². The van der Waals surface area contributed by atoms with Gasteiger partial charge in [0.25, 0.3) is 0 Å². The third kappa shape index (κ3) is 5.77. The van der Waals surface area contributed by atoms with Crippen molar-refractivity contribution in [2.45, 2.75) is 5.92 Å². The van der Waals surface area contributed by atoms with E-state index in [1.807, 2.05) is 36.7 Å². The summed E-state index contributed by atoms with van der Waals surface area (Å²) in [5.41, 5.74) is 12.5. The fourth-order valence-corrected chi connectivity index (χ4v) is 5.82. The normalized spacial score (nSPS) is 11.0. The number of benzene rings is 5. The van der Waals surface area contributed by atoms with Crippen molar-refractivity contribution in [3.05, 3.63) is 193 Å². The van der Waals surface area contributed by atoms with Crippen LogP contribution in [0, 0.1) is 0 Å². The zero-order valence-corrected chi connectivity index (χ0v) is 23.7. The van der Waals surface area contributed by atoms with Gasteiger partial charge in [0.05, 0.1) is 11.4 Å². The van der Waals surface area contributed by atoms with E-state index in [9.17, 15) is 0 Å². The molecule has 0 radical (unpaired) electrons. The number of nitrogens with zero attached hydrogens (tertiary/aromatic N) is 2. The van der Waals surface area contributed by atoms with Crippen molar-refractivity contribution in [2.24, 2.45) is 0 Å². The Morgan fingerprint density at radius 2 is 0.698 bits per heavy atom. The van der Waals surface area contributed by atoms with Gasteiger partial charge in [0.15, 0.2) is 0 Å². The van der Waals surface area contributed by atoms with Crippen LogP contribution < -0.4 is 0 Å². The topological polar surface area (TPSA) is 25.8 Å². The quantitative estimate of drug-likeness (QED) is 0.185. The van der Waals surface area contributed by atoms with Crippen LogP contribution in [0.5, 0.6) is 0 Å². The summed E-state index contributed by atoms with van der Waals surface area (Å²) in [5, 5.41) is 0. The maximum absolute atomic E-state index is 4.73. The lowest BCUT2D eigenvalue weighted by Crippen LogP contribution is -2.05. The first-order valence-electron chi connectivity index (χ1n) is 14.6. The van der Waals surface area contributed by atoms with Crippen molar-refractivity contribution < 1.29 is 0 Å². The Kier molecular flexibility index (Phi) is 7.40. The number of aromatic nitrogens is 2. The zero-order valence-electron chi connectivity index (χ0n) is 23.7. The van der Waals surface area contributed by atoms with Gasteiger partial charge in [0.1, 0.15) is 0 Å². The average molecular weight is 551 g/mol. The van der Waals surface area contributed by atoms with Gasteiger partial charge in [-0.25, -0.2) is 0 Å². The molecular weight excluding hydrogens is 520 g/mol. The van der Waals surface area contributed by atoms with Gasteiger partial charge in [-0.2, -0.15) is 0 Å². The van der Waals surface area contributed by atoms with Gasteiger partial charge in [0.2, 0.25) is 0 Å². The minimum absolute atomic E-state index is 0.0153. The smallest absolute Gasteiger partial charge is 0.0702 e. The summed E-state index contributed by atoms with van der Waals surface area (Å²) in [6.07, 6.45) is 3.72. The average Bonchev–Trinajstić information content (AvgIpc) is 3.10. The van der Waals surface area contributed by atoms with E-state index in [2.05, 4.69) is 140 Å². The highest BCUT2D eigenvalue weighted by Crippen LogP contribution is 2.40. The van der Waals surface area contributed by atoms with Crippen LogP contribution in [0.1, 0.15) is 22.6 Å². The first kappa shape index (κ1) is 26.3. The van der Waals surface area contributed by atoms with E-state index in [4.69, 9.17) is 9.97 Å². The standard InChI is InChI=1S/C41H30N2/c1-4-14-30(15-5-1)33-24-35(39-20-10-12-22-42-39)28-37(26-33)41(32-18-8-3-9-19-32)38-27-34(31-16-6-2-7-17-31)25-36(29-38)40-21-11-13-23-43-40/h1-29,41H. The molecule has 0 N–H and O–H groups in total. The van der Waals surface area contributed by atoms with Gasteiger partial charge >= 0.3 is 0 Å². The van der Waals surface area contributed by atoms with E-state index in [1.165, 1.54) is 38.9 Å². The number of rotatable bonds is 7. The van der Waals surface area contributed by atoms with E-state index in [0.29, 0.717) is 0 Å². The third-order valence-electron chi connectivity index (χ3n) is 7.85. The number of hydrogen-bond acceptors (Lipinski definition) is 2. The van der Waals surface area contributed by atoms with Crippen molar-refractivity contribution in [1.29, 1.82) is 0 Å². The molecule has 0 amide bonds. The summed E-state index contributed by atoms with van der Waals surface area (Å²) in [6.45, 7) is 0. The highest BCUT2D eigenvalue weighted by molar-refractivity contribution is 5.76. The lowest BCUT2D eigenvalue weighted by atomic mass is 9.81. The molecular formula is C41H30N2. The second kappa shape index (κ2) is 12.1. The molecule has 43 heavy (non-hydrogen) atoms. The minimum Gasteiger partial charge on any atom is -0.256 e. The van der Waals surface area contributed by atoms with Crippen LogP contribution in [0.3, 0.4) is 0 Å². The molecule has 2 heteroatoms. The summed E-state index contributed by atoms with van der Waals surface area (Å²) in [5.74, 6) is -0.0153. The molecule has 0 unspecified atom stereocenters. The van der Waals surface area contributed by atoms with Gasteiger partial charge in [-0.3, -0.25) is 9.97 Å². The Morgan fingerprint density at radius 1 is 0.302 bits per heavy atom. The lowest BCUT2D eigenvalue weighted by molar-refractivity contribution is 0.978. The molecule has 0 aliphatic heterocycles. The van der Waals surface area contributed by atoms with Crippen molar-refractivity contribution >= 4 is 0 Å². The molecule has 7 aromatic rings. The fraction of sp³-hybridized carbons (Fsp3) is 0.0244. The van der Waals surface area contributed by atoms with Crippen LogP contribution in [0.4, 0.5) is 0 Å². The molecule has 2 aromatic heterocycles. The summed E-state index contributed by atoms with van der Waals surface area (Å²) >= 11 is 0. The highest BCUT2D eigenvalue weighted by Gasteiger charge is 2.21. The van der Waals surface area contributed by atoms with Crippen LogP contribution in [-0.2, 0) is 0 Å². The van der Waals surface area contributed by atoms with Crippen LogP contribution in [-0.4, -0.2) is 9.97 Å². The Balaban J connectivity index is 1.49. The van der Waals surface area contributed by atoms with E-state index in [-0.39, 0.29) is 5.92 Å². The summed E-state index contributed by atoms with van der Waals surface area (Å²) < 4.78 is 0. The van der Waals surface area contributed by atoms with Gasteiger partial charge in [0, 0.05) is 29.4 Å². The Morgan fingerprint density at radius 3 is 1.12 bits per heavy atom. The van der Waals surface area contributed by atoms with Crippen molar-refractivity contribution in [3.63, 3.8) is 0 Å². The van der Waals surface area contributed by atoms with Gasteiger partial charge in [-0.1, -0.05) is 115 Å². The van der Waals surface area contributed by atoms with Crippen LogP contribution >= 0.6 is 0 Å². The molecule has 0 spiro atoms. The molecule has 0 fully saturated rings. The molecule has 2 nitrogen and oxygen atoms in total. The monoisotopic (exact) mass is 550 g/mol. The maximum Gasteiger partial charge on any atom is 0.0702 e. The Hall–Kier alpha value is -5.60. The van der Waals surface area contributed by atoms with Crippen LogP contribution in [0.25, 0.3) is 44.8 Å². The zero-order chi connectivity index (χ0) is 28.8. The second-order valence-corrected chi connectivity index (χ2v) is 10.7. The third-order valence-corrected chi connectivity index (χ3v) is 7.85. The molecule has 0 saturated heterocycles. The first-order chi connectivity index (χ1) is 21.3. The summed E-state index contributed by atoms with van der Waals surface area (Å²) in [4.78, 5) is 9.46. The van der Waals surface area contributed by atoms with E-state index in [0.717, 1.165) is 22.5 Å². The summed E-state index contributed by atoms with van der Waals surface area (Å²) in [7, 11) is 0. The van der Waals surface area contributed by atoms with E-state index in [1.54, 1.807) is 0 Å². The first-order valence-corrected chi connectivity index (χ1v) is 14.6. The molecule has 2 heterocycles. The predicted octanol–water partition coefficient (Wildman–Crippen LogP) is 10.3. The molecule has 7 rings (SSSR count). The maximum atomic E-state index is 4.73. The highest BCUT2D eigenvalue weighted by atomic mass is 14.7. The molecule has 204 valence electrons.